The van der Waals surface area contributed by atoms with Crippen molar-refractivity contribution in [2.24, 2.45) is 0 Å². The molecular formula is C57H110O5. The quantitative estimate of drug-likeness (QED) is 0.0346. The maximum absolute atomic E-state index is 12.8. The molecule has 5 heteroatoms. The zero-order valence-electron chi connectivity index (χ0n) is 42.4. The van der Waals surface area contributed by atoms with Gasteiger partial charge in [-0.2, -0.15) is 0 Å². The van der Waals surface area contributed by atoms with Gasteiger partial charge in [0.2, 0.25) is 0 Å². The first-order valence-electron chi connectivity index (χ1n) is 28.2. The molecule has 0 N–H and O–H groups in total. The van der Waals surface area contributed by atoms with E-state index in [-0.39, 0.29) is 18.5 Å². The molecule has 0 spiro atoms. The summed E-state index contributed by atoms with van der Waals surface area (Å²) in [4.78, 5) is 25.5. The Morgan fingerprint density at radius 2 is 0.629 bits per heavy atom. The highest BCUT2D eigenvalue weighted by atomic mass is 16.6. The number of rotatable bonds is 53. The Morgan fingerprint density at radius 1 is 0.339 bits per heavy atom. The molecule has 0 amide bonds. The van der Waals surface area contributed by atoms with Crippen molar-refractivity contribution in [3.05, 3.63) is 12.2 Å². The fraction of sp³-hybridized carbons (Fsp3) is 0.930. The predicted molar refractivity (Wildman–Crippen MR) is 270 cm³/mol. The molecule has 1 atom stereocenters. The number of unbranched alkanes of at least 4 members (excludes halogenated alkanes) is 40. The molecular weight excluding hydrogens is 765 g/mol. The Bertz CT molecular complexity index is 902. The molecule has 0 saturated carbocycles. The first-order valence-corrected chi connectivity index (χ1v) is 28.2. The van der Waals surface area contributed by atoms with Gasteiger partial charge in [-0.05, 0) is 44.9 Å². The Labute approximate surface area is 388 Å². The van der Waals surface area contributed by atoms with E-state index in [0.717, 1.165) is 32.1 Å². The number of carbonyl (C=O) groups excluding carboxylic acids is 2. The summed E-state index contributed by atoms with van der Waals surface area (Å²) in [5.74, 6) is -0.377. The normalized spacial score (nSPS) is 12.1. The third kappa shape index (κ3) is 51.3. The first kappa shape index (κ1) is 60.6. The zero-order chi connectivity index (χ0) is 44.9. The van der Waals surface area contributed by atoms with Crippen molar-refractivity contribution in [1.29, 1.82) is 0 Å². The smallest absolute Gasteiger partial charge is 0.306 e. The minimum atomic E-state index is -0.528. The SMILES string of the molecule is CCCCCC/C=C\CCCCCCCCCC(=O)OC[C@@H](COCCCCCCCCCCCCCCCCCC)OC(=O)CCCCCCCCCCCCCCCCC. The van der Waals surface area contributed by atoms with E-state index in [1.165, 1.54) is 250 Å². The average molecular weight is 876 g/mol. The first-order chi connectivity index (χ1) is 30.6. The summed E-state index contributed by atoms with van der Waals surface area (Å²) < 4.78 is 17.5. The lowest BCUT2D eigenvalue weighted by Gasteiger charge is -2.18. The average Bonchev–Trinajstić information content (AvgIpc) is 3.27. The molecule has 0 radical (unpaired) electrons. The van der Waals surface area contributed by atoms with Gasteiger partial charge in [-0.25, -0.2) is 0 Å². The van der Waals surface area contributed by atoms with Gasteiger partial charge in [0.15, 0.2) is 6.10 Å². The molecule has 0 aromatic rings. The molecule has 5 nitrogen and oxygen atoms in total. The van der Waals surface area contributed by atoms with E-state index in [1.807, 2.05) is 0 Å². The molecule has 0 aromatic carbocycles. The van der Waals surface area contributed by atoms with Crippen molar-refractivity contribution >= 4 is 11.9 Å². The van der Waals surface area contributed by atoms with Crippen LogP contribution in [0.1, 0.15) is 316 Å². The van der Waals surface area contributed by atoms with Gasteiger partial charge in [0.05, 0.1) is 6.61 Å². The molecule has 0 fully saturated rings. The Kier molecular flexibility index (Phi) is 52.8. The van der Waals surface area contributed by atoms with E-state index in [9.17, 15) is 9.59 Å². The lowest BCUT2D eigenvalue weighted by atomic mass is 10.0. The summed E-state index contributed by atoms with van der Waals surface area (Å²) in [5.41, 5.74) is 0. The second-order valence-corrected chi connectivity index (χ2v) is 19.2. The Balaban J connectivity index is 4.21. The van der Waals surface area contributed by atoms with Gasteiger partial charge in [-0.1, -0.05) is 270 Å². The van der Waals surface area contributed by atoms with Gasteiger partial charge in [-0.15, -0.1) is 0 Å². The lowest BCUT2D eigenvalue weighted by molar-refractivity contribution is -0.163. The third-order valence-corrected chi connectivity index (χ3v) is 12.8. The van der Waals surface area contributed by atoms with E-state index in [0.29, 0.717) is 26.1 Å². The summed E-state index contributed by atoms with van der Waals surface area (Å²) >= 11 is 0. The molecule has 0 unspecified atom stereocenters. The van der Waals surface area contributed by atoms with E-state index < -0.39 is 6.10 Å². The zero-order valence-corrected chi connectivity index (χ0v) is 42.4. The van der Waals surface area contributed by atoms with Crippen molar-refractivity contribution < 1.29 is 23.8 Å². The number of esters is 2. The van der Waals surface area contributed by atoms with Crippen molar-refractivity contribution in [2.75, 3.05) is 19.8 Å². The molecule has 0 rings (SSSR count). The third-order valence-electron chi connectivity index (χ3n) is 12.8. The second-order valence-electron chi connectivity index (χ2n) is 19.2. The molecule has 368 valence electrons. The van der Waals surface area contributed by atoms with Crippen LogP contribution < -0.4 is 0 Å². The summed E-state index contributed by atoms with van der Waals surface area (Å²) in [7, 11) is 0. The largest absolute Gasteiger partial charge is 0.462 e. The van der Waals surface area contributed by atoms with Crippen LogP contribution in [0.3, 0.4) is 0 Å². The van der Waals surface area contributed by atoms with Crippen LogP contribution >= 0.6 is 0 Å². The molecule has 0 saturated heterocycles. The fourth-order valence-corrected chi connectivity index (χ4v) is 8.57. The van der Waals surface area contributed by atoms with Crippen molar-refractivity contribution in [3.63, 3.8) is 0 Å². The lowest BCUT2D eigenvalue weighted by Crippen LogP contribution is -2.30. The number of allylic oxidation sites excluding steroid dienone is 2. The van der Waals surface area contributed by atoms with Gasteiger partial charge < -0.3 is 14.2 Å². The maximum Gasteiger partial charge on any atom is 0.306 e. The highest BCUT2D eigenvalue weighted by Gasteiger charge is 2.17. The van der Waals surface area contributed by atoms with Crippen LogP contribution in [0.4, 0.5) is 0 Å². The summed E-state index contributed by atoms with van der Waals surface area (Å²) in [6, 6.07) is 0. The minimum absolute atomic E-state index is 0.0928. The van der Waals surface area contributed by atoms with Gasteiger partial charge in [0.1, 0.15) is 6.61 Å². The minimum Gasteiger partial charge on any atom is -0.462 e. The predicted octanol–water partition coefficient (Wildman–Crippen LogP) is 19.0. The van der Waals surface area contributed by atoms with Crippen LogP contribution in [0.25, 0.3) is 0 Å². The molecule has 0 aliphatic rings. The monoisotopic (exact) mass is 875 g/mol. The maximum atomic E-state index is 12.8. The van der Waals surface area contributed by atoms with E-state index >= 15 is 0 Å². The number of ether oxygens (including phenoxy) is 3. The van der Waals surface area contributed by atoms with E-state index in [1.54, 1.807) is 0 Å². The van der Waals surface area contributed by atoms with Crippen LogP contribution in [0, 0.1) is 0 Å². The number of carbonyl (C=O) groups is 2. The van der Waals surface area contributed by atoms with E-state index in [2.05, 4.69) is 32.9 Å². The highest BCUT2D eigenvalue weighted by molar-refractivity contribution is 5.70. The molecule has 0 bridgehead atoms. The van der Waals surface area contributed by atoms with E-state index in [4.69, 9.17) is 14.2 Å². The fourth-order valence-electron chi connectivity index (χ4n) is 8.57. The van der Waals surface area contributed by atoms with Crippen molar-refractivity contribution in [1.82, 2.24) is 0 Å². The van der Waals surface area contributed by atoms with Crippen LogP contribution in [-0.2, 0) is 23.8 Å². The molecule has 0 aliphatic heterocycles. The molecule has 0 aromatic heterocycles. The highest BCUT2D eigenvalue weighted by Crippen LogP contribution is 2.17. The van der Waals surface area contributed by atoms with Crippen LogP contribution in [0.15, 0.2) is 12.2 Å². The van der Waals surface area contributed by atoms with Gasteiger partial charge >= 0.3 is 11.9 Å². The number of hydrogen-bond donors (Lipinski definition) is 0. The molecule has 62 heavy (non-hydrogen) atoms. The topological polar surface area (TPSA) is 61.8 Å². The summed E-state index contributed by atoms with van der Waals surface area (Å²) in [5, 5.41) is 0. The number of hydrogen-bond acceptors (Lipinski definition) is 5. The second kappa shape index (κ2) is 54.0. The van der Waals surface area contributed by atoms with Crippen LogP contribution in [-0.4, -0.2) is 37.9 Å². The van der Waals surface area contributed by atoms with Crippen molar-refractivity contribution in [2.45, 2.75) is 322 Å². The van der Waals surface area contributed by atoms with Gasteiger partial charge in [-0.3, -0.25) is 9.59 Å². The van der Waals surface area contributed by atoms with Crippen LogP contribution in [0.2, 0.25) is 0 Å². The molecule has 0 aliphatic carbocycles. The summed E-state index contributed by atoms with van der Waals surface area (Å²) in [6.07, 6.45) is 62.2. The molecule has 0 heterocycles. The Hall–Kier alpha value is -1.36. The Morgan fingerprint density at radius 3 is 1.00 bits per heavy atom. The summed E-state index contributed by atoms with van der Waals surface area (Å²) in [6.45, 7) is 7.89. The standard InChI is InChI=1S/C57H110O5/c1-4-7-10-13-16-19-22-25-28-31-34-37-40-43-46-49-52-60-53-55(62-57(59)51-48-45-42-39-36-33-30-27-24-21-18-15-12-9-6-3)54-61-56(58)50-47-44-41-38-35-32-29-26-23-20-17-14-11-8-5-2/h20,23,55H,4-19,21-22,24-54H2,1-3H3/b23-20-/t55-/m1/s1. The van der Waals surface area contributed by atoms with Crippen LogP contribution in [0.5, 0.6) is 0 Å². The van der Waals surface area contributed by atoms with Crippen molar-refractivity contribution in [3.8, 4) is 0 Å². The van der Waals surface area contributed by atoms with Gasteiger partial charge in [0.25, 0.3) is 0 Å². The van der Waals surface area contributed by atoms with Gasteiger partial charge in [0, 0.05) is 19.4 Å².